The van der Waals surface area contributed by atoms with Crippen LogP contribution in [0.4, 0.5) is 0 Å². The SMILES string of the molecule is CC(=O)Oc1c(C)cccc1CC(Br)CBr. The minimum Gasteiger partial charge on any atom is -0.426 e. The maximum Gasteiger partial charge on any atom is 0.308 e. The first-order valence-electron chi connectivity index (χ1n) is 5.01. The second-order valence-corrected chi connectivity index (χ2v) is 5.55. The summed E-state index contributed by atoms with van der Waals surface area (Å²) in [7, 11) is 0. The van der Waals surface area contributed by atoms with E-state index < -0.39 is 0 Å². The smallest absolute Gasteiger partial charge is 0.308 e. The van der Waals surface area contributed by atoms with Gasteiger partial charge >= 0.3 is 5.97 Å². The summed E-state index contributed by atoms with van der Waals surface area (Å²) in [5, 5.41) is 0.862. The molecule has 0 radical (unpaired) electrons. The molecule has 0 aliphatic carbocycles. The van der Waals surface area contributed by atoms with E-state index in [2.05, 4.69) is 31.9 Å². The number of hydrogen-bond donors (Lipinski definition) is 0. The first kappa shape index (κ1) is 13.7. The Balaban J connectivity index is 2.97. The summed E-state index contributed by atoms with van der Waals surface area (Å²) in [6, 6.07) is 5.91. The Hall–Kier alpha value is -0.350. The number of esters is 1. The molecule has 0 bridgehead atoms. The molecule has 1 unspecified atom stereocenters. The Morgan fingerprint density at radius 1 is 1.50 bits per heavy atom. The fraction of sp³-hybridized carbons (Fsp3) is 0.417. The highest BCUT2D eigenvalue weighted by Crippen LogP contribution is 2.26. The summed E-state index contributed by atoms with van der Waals surface area (Å²) < 4.78 is 5.25. The first-order chi connectivity index (χ1) is 7.54. The third-order valence-electron chi connectivity index (χ3n) is 2.15. The number of benzene rings is 1. The molecule has 0 N–H and O–H groups in total. The predicted octanol–water partition coefficient (Wildman–Crippen LogP) is 3.62. The lowest BCUT2D eigenvalue weighted by Crippen LogP contribution is -2.09. The topological polar surface area (TPSA) is 26.3 Å². The number of aryl methyl sites for hydroxylation is 1. The Morgan fingerprint density at radius 2 is 2.19 bits per heavy atom. The van der Waals surface area contributed by atoms with Crippen LogP contribution in [-0.2, 0) is 11.2 Å². The summed E-state index contributed by atoms with van der Waals surface area (Å²) in [5.74, 6) is 0.418. The lowest BCUT2D eigenvalue weighted by Gasteiger charge is -2.13. The van der Waals surface area contributed by atoms with E-state index in [1.807, 2.05) is 25.1 Å². The van der Waals surface area contributed by atoms with Gasteiger partial charge in [0.05, 0.1) is 0 Å². The largest absolute Gasteiger partial charge is 0.426 e. The van der Waals surface area contributed by atoms with Gasteiger partial charge in [-0.3, -0.25) is 4.79 Å². The predicted molar refractivity (Wildman–Crippen MR) is 72.7 cm³/mol. The summed E-state index contributed by atoms with van der Waals surface area (Å²) in [5.41, 5.74) is 2.04. The van der Waals surface area contributed by atoms with Crippen LogP contribution >= 0.6 is 31.9 Å². The summed E-state index contributed by atoms with van der Waals surface area (Å²) >= 11 is 6.96. The Bertz CT molecular complexity index is 377. The second-order valence-electron chi connectivity index (χ2n) is 3.61. The van der Waals surface area contributed by atoms with Crippen molar-refractivity contribution in [1.82, 2.24) is 0 Å². The first-order valence-corrected chi connectivity index (χ1v) is 7.05. The highest BCUT2D eigenvalue weighted by atomic mass is 79.9. The number of carbonyl (C=O) groups is 1. The normalized spacial score (nSPS) is 12.2. The summed E-state index contributed by atoms with van der Waals surface area (Å²) in [4.78, 5) is 11.4. The highest BCUT2D eigenvalue weighted by Gasteiger charge is 2.12. The maximum atomic E-state index is 11.0. The van der Waals surface area contributed by atoms with E-state index in [0.717, 1.165) is 22.9 Å². The van der Waals surface area contributed by atoms with E-state index in [0.29, 0.717) is 10.6 Å². The van der Waals surface area contributed by atoms with Crippen LogP contribution in [-0.4, -0.2) is 16.1 Å². The van der Waals surface area contributed by atoms with Crippen molar-refractivity contribution in [1.29, 1.82) is 0 Å². The molecule has 0 saturated heterocycles. The Kier molecular flexibility index (Phi) is 5.49. The molecule has 16 heavy (non-hydrogen) atoms. The van der Waals surface area contributed by atoms with Crippen LogP contribution in [0.15, 0.2) is 18.2 Å². The molecule has 1 rings (SSSR count). The van der Waals surface area contributed by atoms with E-state index in [-0.39, 0.29) is 5.97 Å². The fourth-order valence-corrected chi connectivity index (χ4v) is 2.03. The van der Waals surface area contributed by atoms with Crippen LogP contribution < -0.4 is 4.74 Å². The fourth-order valence-electron chi connectivity index (χ4n) is 1.46. The molecule has 0 aliphatic heterocycles. The number of para-hydroxylation sites is 1. The summed E-state index contributed by atoms with van der Waals surface area (Å²) in [6.07, 6.45) is 0.829. The molecule has 0 fully saturated rings. The van der Waals surface area contributed by atoms with Gasteiger partial charge in [0.2, 0.25) is 0 Å². The molecule has 0 amide bonds. The average Bonchev–Trinajstić information content (AvgIpc) is 2.22. The molecule has 0 saturated carbocycles. The molecule has 1 aromatic carbocycles. The van der Waals surface area contributed by atoms with Crippen LogP contribution in [0, 0.1) is 6.92 Å². The molecule has 88 valence electrons. The average molecular weight is 350 g/mol. The van der Waals surface area contributed by atoms with Crippen LogP contribution in [0.25, 0.3) is 0 Å². The number of ether oxygens (including phenoxy) is 1. The van der Waals surface area contributed by atoms with Gasteiger partial charge in [-0.2, -0.15) is 0 Å². The van der Waals surface area contributed by atoms with Crippen molar-refractivity contribution >= 4 is 37.8 Å². The van der Waals surface area contributed by atoms with Crippen molar-refractivity contribution in [2.75, 3.05) is 5.33 Å². The van der Waals surface area contributed by atoms with Gasteiger partial charge in [-0.25, -0.2) is 0 Å². The van der Waals surface area contributed by atoms with E-state index in [1.54, 1.807) is 0 Å². The molecule has 0 heterocycles. The number of alkyl halides is 2. The van der Waals surface area contributed by atoms with Crippen molar-refractivity contribution in [2.24, 2.45) is 0 Å². The number of halogens is 2. The highest BCUT2D eigenvalue weighted by molar-refractivity contribution is 9.12. The van der Waals surface area contributed by atoms with Gasteiger partial charge in [0.25, 0.3) is 0 Å². The van der Waals surface area contributed by atoms with Gasteiger partial charge in [0.15, 0.2) is 0 Å². The van der Waals surface area contributed by atoms with Crippen molar-refractivity contribution in [3.63, 3.8) is 0 Å². The van der Waals surface area contributed by atoms with Crippen LogP contribution in [0.2, 0.25) is 0 Å². The minimum absolute atomic E-state index is 0.277. The van der Waals surface area contributed by atoms with Gasteiger partial charge in [0, 0.05) is 17.1 Å². The number of rotatable bonds is 4. The van der Waals surface area contributed by atoms with Crippen LogP contribution in [0.3, 0.4) is 0 Å². The molecule has 4 heteroatoms. The monoisotopic (exact) mass is 348 g/mol. The van der Waals surface area contributed by atoms with Gasteiger partial charge in [-0.1, -0.05) is 50.1 Å². The molecule has 0 aliphatic rings. The quantitative estimate of drug-likeness (QED) is 0.471. The number of hydrogen-bond acceptors (Lipinski definition) is 2. The van der Waals surface area contributed by atoms with Crippen molar-refractivity contribution in [2.45, 2.75) is 25.1 Å². The van der Waals surface area contributed by atoms with Gasteiger partial charge in [-0.15, -0.1) is 0 Å². The molecule has 0 spiro atoms. The third kappa shape index (κ3) is 3.91. The summed E-state index contributed by atoms with van der Waals surface area (Å²) in [6.45, 7) is 3.37. The third-order valence-corrected chi connectivity index (χ3v) is 4.45. The molecule has 1 aromatic rings. The Morgan fingerprint density at radius 3 is 2.75 bits per heavy atom. The van der Waals surface area contributed by atoms with Crippen LogP contribution in [0.5, 0.6) is 5.75 Å². The molecular weight excluding hydrogens is 336 g/mol. The van der Waals surface area contributed by atoms with Crippen molar-refractivity contribution in [3.8, 4) is 5.75 Å². The van der Waals surface area contributed by atoms with E-state index in [9.17, 15) is 4.79 Å². The molecule has 0 aromatic heterocycles. The standard InChI is InChI=1S/C12H14Br2O2/c1-8-4-3-5-10(6-11(14)7-13)12(8)16-9(2)15/h3-5,11H,6-7H2,1-2H3. The van der Waals surface area contributed by atoms with E-state index in [1.165, 1.54) is 6.92 Å². The minimum atomic E-state index is -0.277. The van der Waals surface area contributed by atoms with E-state index >= 15 is 0 Å². The van der Waals surface area contributed by atoms with Crippen LogP contribution in [0.1, 0.15) is 18.1 Å². The van der Waals surface area contributed by atoms with Crippen molar-refractivity contribution in [3.05, 3.63) is 29.3 Å². The van der Waals surface area contributed by atoms with Gasteiger partial charge < -0.3 is 4.74 Å². The lowest BCUT2D eigenvalue weighted by atomic mass is 10.1. The number of carbonyl (C=O) groups excluding carboxylic acids is 1. The molecular formula is C12H14Br2O2. The lowest BCUT2D eigenvalue weighted by molar-refractivity contribution is -0.131. The zero-order valence-corrected chi connectivity index (χ0v) is 12.5. The molecule has 2 nitrogen and oxygen atoms in total. The van der Waals surface area contributed by atoms with E-state index in [4.69, 9.17) is 4.74 Å². The van der Waals surface area contributed by atoms with Gasteiger partial charge in [-0.05, 0) is 24.5 Å². The maximum absolute atomic E-state index is 11.0. The Labute approximate surface area is 113 Å². The van der Waals surface area contributed by atoms with Crippen molar-refractivity contribution < 1.29 is 9.53 Å². The molecule has 1 atom stereocenters. The zero-order valence-electron chi connectivity index (χ0n) is 9.30. The second kappa shape index (κ2) is 6.40. The van der Waals surface area contributed by atoms with Gasteiger partial charge in [0.1, 0.15) is 5.75 Å². The zero-order chi connectivity index (χ0) is 12.1.